The van der Waals surface area contributed by atoms with Gasteiger partial charge in [-0.15, -0.1) is 0 Å². The van der Waals surface area contributed by atoms with Crippen LogP contribution in [-0.4, -0.2) is 73.4 Å². The number of carbonyl (C=O) groups is 1. The van der Waals surface area contributed by atoms with E-state index in [-0.39, 0.29) is 19.1 Å². The van der Waals surface area contributed by atoms with E-state index in [9.17, 15) is 19.4 Å². The topological polar surface area (TPSA) is 105 Å². The molecule has 0 spiro atoms. The highest BCUT2D eigenvalue weighted by atomic mass is 31.2. The third-order valence-electron chi connectivity index (χ3n) is 8.26. The first-order chi connectivity index (χ1) is 21.5. The zero-order chi connectivity index (χ0) is 33.7. The molecule has 0 aromatic rings. The molecule has 0 aliphatic rings. The number of hydrogen-bond donors (Lipinski definition) is 3. The largest absolute Gasteiger partial charge is 0.472 e. The Morgan fingerprint density at radius 3 is 1.71 bits per heavy atom. The number of nitrogens with zero attached hydrogens (tertiary/aromatic N) is 1. The molecule has 0 fully saturated rings. The standard InChI is InChI=1S/C36H73N2O6P/c1-6-8-10-12-14-16-17-18-19-20-21-22-24-26-28-30-36(40)37-34(33-44-45(41,42)43-32-31-38(3,4)5)35(39)29-27-25-23-15-13-11-9-7-2/h18-19,34-35,39H,6-17,20-33H2,1-5H3,(H-,37,40,41,42)/p+1/b19-18-. The number of allylic oxidation sites excluding steroid dienone is 2. The second-order valence-electron chi connectivity index (χ2n) is 14.0. The van der Waals surface area contributed by atoms with E-state index < -0.39 is 20.0 Å². The summed E-state index contributed by atoms with van der Waals surface area (Å²) in [5.41, 5.74) is 0. The Bertz CT molecular complexity index is 758. The van der Waals surface area contributed by atoms with E-state index in [2.05, 4.69) is 31.3 Å². The van der Waals surface area contributed by atoms with Gasteiger partial charge in [-0.25, -0.2) is 4.57 Å². The number of amides is 1. The van der Waals surface area contributed by atoms with Crippen molar-refractivity contribution in [2.24, 2.45) is 0 Å². The highest BCUT2D eigenvalue weighted by Gasteiger charge is 2.28. The summed E-state index contributed by atoms with van der Waals surface area (Å²) in [6.07, 6.45) is 29.5. The minimum absolute atomic E-state index is 0.0740. The number of carbonyl (C=O) groups excluding carboxylic acids is 1. The Hall–Kier alpha value is -0.760. The maximum atomic E-state index is 12.7. The third-order valence-corrected chi connectivity index (χ3v) is 9.25. The fourth-order valence-electron chi connectivity index (χ4n) is 5.21. The van der Waals surface area contributed by atoms with Crippen LogP contribution in [0.4, 0.5) is 0 Å². The monoisotopic (exact) mass is 662 g/mol. The van der Waals surface area contributed by atoms with Crippen molar-refractivity contribution in [1.82, 2.24) is 5.32 Å². The van der Waals surface area contributed by atoms with Crippen LogP contribution in [0.15, 0.2) is 12.2 Å². The number of nitrogens with one attached hydrogen (secondary N) is 1. The number of aliphatic hydroxyl groups excluding tert-OH is 1. The summed E-state index contributed by atoms with van der Waals surface area (Å²) < 4.78 is 23.4. The average Bonchev–Trinajstić information content (AvgIpc) is 2.97. The van der Waals surface area contributed by atoms with Gasteiger partial charge in [0.25, 0.3) is 0 Å². The average molecular weight is 662 g/mol. The molecular weight excluding hydrogens is 587 g/mol. The number of aliphatic hydroxyl groups is 1. The Kier molecular flexibility index (Phi) is 28.9. The smallest absolute Gasteiger partial charge is 0.391 e. The van der Waals surface area contributed by atoms with Crippen molar-refractivity contribution in [3.63, 3.8) is 0 Å². The number of quaternary nitrogens is 1. The van der Waals surface area contributed by atoms with Gasteiger partial charge in [0.05, 0.1) is 39.9 Å². The van der Waals surface area contributed by atoms with Crippen LogP contribution in [-0.2, 0) is 18.4 Å². The minimum atomic E-state index is -4.30. The molecule has 0 aliphatic carbocycles. The first-order valence-electron chi connectivity index (χ1n) is 18.6. The highest BCUT2D eigenvalue weighted by molar-refractivity contribution is 7.47. The molecule has 0 aromatic heterocycles. The molecule has 0 heterocycles. The zero-order valence-corrected chi connectivity index (χ0v) is 31.0. The summed E-state index contributed by atoms with van der Waals surface area (Å²) in [4.78, 5) is 22.9. The van der Waals surface area contributed by atoms with Crippen LogP contribution >= 0.6 is 7.82 Å². The number of phosphoric acid groups is 1. The van der Waals surface area contributed by atoms with Crippen LogP contribution in [0.1, 0.15) is 162 Å². The van der Waals surface area contributed by atoms with Gasteiger partial charge in [0, 0.05) is 6.42 Å². The molecule has 9 heteroatoms. The van der Waals surface area contributed by atoms with Crippen molar-refractivity contribution in [2.75, 3.05) is 40.9 Å². The van der Waals surface area contributed by atoms with Crippen LogP contribution < -0.4 is 5.32 Å². The molecule has 0 saturated carbocycles. The zero-order valence-electron chi connectivity index (χ0n) is 30.1. The number of rotatable bonds is 33. The Balaban J connectivity index is 4.42. The molecule has 268 valence electrons. The van der Waals surface area contributed by atoms with Gasteiger partial charge in [0.15, 0.2) is 0 Å². The van der Waals surface area contributed by atoms with Gasteiger partial charge < -0.3 is 19.8 Å². The fraction of sp³-hybridized carbons (Fsp3) is 0.917. The lowest BCUT2D eigenvalue weighted by Gasteiger charge is -2.26. The Labute approximate surface area is 278 Å². The normalized spacial score (nSPS) is 14.9. The molecule has 0 radical (unpaired) electrons. The molecule has 0 aliphatic heterocycles. The lowest BCUT2D eigenvalue weighted by Crippen LogP contribution is -2.46. The summed E-state index contributed by atoms with van der Waals surface area (Å²) in [6, 6.07) is -0.757. The van der Waals surface area contributed by atoms with Crippen LogP contribution in [0.5, 0.6) is 0 Å². The summed E-state index contributed by atoms with van der Waals surface area (Å²) >= 11 is 0. The van der Waals surface area contributed by atoms with Gasteiger partial charge in [-0.1, -0.05) is 129 Å². The van der Waals surface area contributed by atoms with Gasteiger partial charge in [-0.3, -0.25) is 13.8 Å². The van der Waals surface area contributed by atoms with E-state index in [1.807, 2.05) is 21.1 Å². The van der Waals surface area contributed by atoms with E-state index in [0.29, 0.717) is 23.9 Å². The fourth-order valence-corrected chi connectivity index (χ4v) is 5.95. The van der Waals surface area contributed by atoms with Crippen LogP contribution in [0.25, 0.3) is 0 Å². The SMILES string of the molecule is CCCCCCCC/C=C\CCCCCCCC(=O)NC(COP(=O)(O)OCC[N+](C)(C)C)C(O)CCCCCCCCCC. The molecule has 8 nitrogen and oxygen atoms in total. The maximum Gasteiger partial charge on any atom is 0.472 e. The third kappa shape index (κ3) is 31.6. The lowest BCUT2D eigenvalue weighted by molar-refractivity contribution is -0.870. The van der Waals surface area contributed by atoms with Crippen LogP contribution in [0.2, 0.25) is 0 Å². The van der Waals surface area contributed by atoms with E-state index in [1.165, 1.54) is 83.5 Å². The molecule has 3 unspecified atom stereocenters. The number of unbranched alkanes of at least 4 members (excludes halogenated alkanes) is 18. The Morgan fingerprint density at radius 1 is 0.733 bits per heavy atom. The highest BCUT2D eigenvalue weighted by Crippen LogP contribution is 2.43. The van der Waals surface area contributed by atoms with Crippen molar-refractivity contribution < 1.29 is 32.9 Å². The predicted molar refractivity (Wildman–Crippen MR) is 189 cm³/mol. The second-order valence-corrected chi connectivity index (χ2v) is 15.4. The molecule has 0 saturated heterocycles. The summed E-state index contributed by atoms with van der Waals surface area (Å²) in [5, 5.41) is 13.8. The second kappa shape index (κ2) is 29.4. The Morgan fingerprint density at radius 2 is 1.20 bits per heavy atom. The number of likely N-dealkylation sites (N-methyl/N-ethyl adjacent to an activating group) is 1. The molecule has 0 bridgehead atoms. The van der Waals surface area contributed by atoms with Crippen LogP contribution in [0.3, 0.4) is 0 Å². The van der Waals surface area contributed by atoms with E-state index >= 15 is 0 Å². The van der Waals surface area contributed by atoms with Crippen molar-refractivity contribution in [3.8, 4) is 0 Å². The van der Waals surface area contributed by atoms with Crippen molar-refractivity contribution in [3.05, 3.63) is 12.2 Å². The predicted octanol–water partition coefficient (Wildman–Crippen LogP) is 9.24. The molecule has 45 heavy (non-hydrogen) atoms. The van der Waals surface area contributed by atoms with E-state index in [4.69, 9.17) is 9.05 Å². The summed E-state index contributed by atoms with van der Waals surface area (Å²) in [7, 11) is 1.61. The van der Waals surface area contributed by atoms with E-state index in [0.717, 1.165) is 51.4 Å². The van der Waals surface area contributed by atoms with Gasteiger partial charge >= 0.3 is 7.82 Å². The van der Waals surface area contributed by atoms with Gasteiger partial charge in [0.2, 0.25) is 5.91 Å². The van der Waals surface area contributed by atoms with Crippen molar-refractivity contribution in [2.45, 2.75) is 174 Å². The van der Waals surface area contributed by atoms with Crippen LogP contribution in [0, 0.1) is 0 Å². The van der Waals surface area contributed by atoms with Gasteiger partial charge in [0.1, 0.15) is 13.2 Å². The quantitative estimate of drug-likeness (QED) is 0.0280. The minimum Gasteiger partial charge on any atom is -0.391 e. The summed E-state index contributed by atoms with van der Waals surface area (Å²) in [5.74, 6) is -0.157. The molecule has 1 amide bonds. The lowest BCUT2D eigenvalue weighted by atomic mass is 10.0. The molecule has 0 aromatic carbocycles. The number of phosphoric ester groups is 1. The van der Waals surface area contributed by atoms with Gasteiger partial charge in [-0.2, -0.15) is 0 Å². The number of hydrogen-bond acceptors (Lipinski definition) is 5. The van der Waals surface area contributed by atoms with Gasteiger partial charge in [-0.05, 0) is 38.5 Å². The van der Waals surface area contributed by atoms with Crippen molar-refractivity contribution >= 4 is 13.7 Å². The van der Waals surface area contributed by atoms with E-state index in [1.54, 1.807) is 0 Å². The summed E-state index contributed by atoms with van der Waals surface area (Å²) in [6.45, 7) is 4.82. The molecule has 3 N–H and O–H groups in total. The first-order valence-corrected chi connectivity index (χ1v) is 20.0. The molecule has 0 rings (SSSR count). The first kappa shape index (κ1) is 44.2. The molecular formula is C36H74N2O6P+. The van der Waals surface area contributed by atoms with Crippen molar-refractivity contribution in [1.29, 1.82) is 0 Å². The maximum absolute atomic E-state index is 12.7. The molecule has 3 atom stereocenters.